The van der Waals surface area contributed by atoms with E-state index in [0.717, 1.165) is 17.7 Å². The Balaban J connectivity index is 1.35. The molecule has 29 heavy (non-hydrogen) atoms. The van der Waals surface area contributed by atoms with Crippen molar-refractivity contribution in [1.29, 1.82) is 0 Å². The third-order valence-electron chi connectivity index (χ3n) is 5.12. The predicted molar refractivity (Wildman–Crippen MR) is 112 cm³/mol. The van der Waals surface area contributed by atoms with Crippen LogP contribution in [0.1, 0.15) is 24.5 Å². The number of rotatable bonds is 5. The van der Waals surface area contributed by atoms with Gasteiger partial charge in [0.15, 0.2) is 6.10 Å². The molecule has 150 valence electrons. The van der Waals surface area contributed by atoms with Gasteiger partial charge in [-0.15, -0.1) is 11.8 Å². The monoisotopic (exact) mass is 410 g/mol. The zero-order valence-corrected chi connectivity index (χ0v) is 17.0. The van der Waals surface area contributed by atoms with E-state index in [1.165, 1.54) is 41.1 Å². The number of benzene rings is 2. The Kier molecular flexibility index (Phi) is 5.58. The quantitative estimate of drug-likeness (QED) is 0.605. The lowest BCUT2D eigenvalue weighted by Gasteiger charge is -2.30. The van der Waals surface area contributed by atoms with Crippen molar-refractivity contribution in [2.24, 2.45) is 0 Å². The van der Waals surface area contributed by atoms with Crippen LogP contribution in [0.15, 0.2) is 47.4 Å². The molecule has 7 heteroatoms. The van der Waals surface area contributed by atoms with Gasteiger partial charge in [0.2, 0.25) is 5.91 Å². The molecule has 0 bridgehead atoms. The van der Waals surface area contributed by atoms with Crippen LogP contribution in [0.4, 0.5) is 11.4 Å². The van der Waals surface area contributed by atoms with Crippen LogP contribution in [0.5, 0.6) is 0 Å². The van der Waals surface area contributed by atoms with Crippen LogP contribution in [0, 0.1) is 0 Å². The summed E-state index contributed by atoms with van der Waals surface area (Å²) in [7, 11) is 0. The number of nitrogens with one attached hydrogen (secondary N) is 1. The van der Waals surface area contributed by atoms with Gasteiger partial charge >= 0.3 is 5.97 Å². The van der Waals surface area contributed by atoms with E-state index < -0.39 is 18.0 Å². The highest BCUT2D eigenvalue weighted by Gasteiger charge is 2.31. The lowest BCUT2D eigenvalue weighted by molar-refractivity contribution is -0.151. The van der Waals surface area contributed by atoms with Gasteiger partial charge in [0.05, 0.1) is 17.1 Å². The molecule has 2 aromatic rings. The maximum atomic E-state index is 12.8. The predicted octanol–water partition coefficient (Wildman–Crippen LogP) is 3.18. The summed E-state index contributed by atoms with van der Waals surface area (Å²) in [5, 5.41) is 2.74. The standard InChI is InChI=1S/C22H22N2O4S/c1-14(22(27)24-12-20(25)23-18-7-2-3-8-19(18)24)28-21(26)13-29-17-10-9-15-5-4-6-16(15)11-17/h2-3,7-11,14H,4-6,12-13H2,1H3,(H,23,25)/t14-/m0/s1. The average molecular weight is 410 g/mol. The zero-order chi connectivity index (χ0) is 20.4. The van der Waals surface area contributed by atoms with Gasteiger partial charge < -0.3 is 10.1 Å². The molecule has 2 amide bonds. The molecular formula is C22H22N2O4S. The first-order chi connectivity index (χ1) is 14.0. The summed E-state index contributed by atoms with van der Waals surface area (Å²) in [6.07, 6.45) is 2.43. The number of esters is 1. The van der Waals surface area contributed by atoms with Gasteiger partial charge in [0.1, 0.15) is 6.54 Å². The minimum Gasteiger partial charge on any atom is -0.452 e. The largest absolute Gasteiger partial charge is 0.452 e. The summed E-state index contributed by atoms with van der Waals surface area (Å²) in [5.74, 6) is -1.01. The van der Waals surface area contributed by atoms with Crippen molar-refractivity contribution in [3.63, 3.8) is 0 Å². The summed E-state index contributed by atoms with van der Waals surface area (Å²) in [5.41, 5.74) is 3.92. The number of hydrogen-bond donors (Lipinski definition) is 1. The van der Waals surface area contributed by atoms with Crippen LogP contribution < -0.4 is 10.2 Å². The van der Waals surface area contributed by atoms with E-state index in [1.54, 1.807) is 24.3 Å². The summed E-state index contributed by atoms with van der Waals surface area (Å²) >= 11 is 1.41. The fraction of sp³-hybridized carbons (Fsp3) is 0.318. The molecule has 2 aliphatic rings. The van der Waals surface area contributed by atoms with Crippen LogP contribution in [0.2, 0.25) is 0 Å². The smallest absolute Gasteiger partial charge is 0.317 e. The number of thioether (sulfide) groups is 1. The van der Waals surface area contributed by atoms with Crippen molar-refractivity contribution in [2.45, 2.75) is 37.2 Å². The Hall–Kier alpha value is -2.80. The highest BCUT2D eigenvalue weighted by Crippen LogP contribution is 2.30. The number of fused-ring (bicyclic) bond motifs is 2. The molecule has 0 spiro atoms. The number of carbonyl (C=O) groups excluding carboxylic acids is 3. The molecule has 1 atom stereocenters. The van der Waals surface area contributed by atoms with E-state index in [0.29, 0.717) is 11.4 Å². The van der Waals surface area contributed by atoms with Crippen molar-refractivity contribution in [1.82, 2.24) is 0 Å². The fourth-order valence-corrected chi connectivity index (χ4v) is 4.45. The molecule has 1 aliphatic carbocycles. The first kappa shape index (κ1) is 19.5. The normalized spacial score (nSPS) is 15.9. The second-order valence-corrected chi connectivity index (χ2v) is 8.24. The minimum absolute atomic E-state index is 0.0956. The van der Waals surface area contributed by atoms with Gasteiger partial charge in [-0.2, -0.15) is 0 Å². The number of para-hydroxylation sites is 2. The van der Waals surface area contributed by atoms with Crippen molar-refractivity contribution >= 4 is 40.9 Å². The fourth-order valence-electron chi connectivity index (χ4n) is 3.71. The van der Waals surface area contributed by atoms with Crippen molar-refractivity contribution in [2.75, 3.05) is 22.5 Å². The van der Waals surface area contributed by atoms with Gasteiger partial charge in [0.25, 0.3) is 5.91 Å². The van der Waals surface area contributed by atoms with E-state index in [4.69, 9.17) is 4.74 Å². The van der Waals surface area contributed by atoms with Gasteiger partial charge in [-0.05, 0) is 61.6 Å². The topological polar surface area (TPSA) is 75.7 Å². The lowest BCUT2D eigenvalue weighted by Crippen LogP contribution is -2.47. The van der Waals surface area contributed by atoms with Crippen LogP contribution in [-0.4, -0.2) is 36.2 Å². The molecular weight excluding hydrogens is 388 g/mol. The Morgan fingerprint density at radius 1 is 1.17 bits per heavy atom. The molecule has 6 nitrogen and oxygen atoms in total. The number of nitrogens with zero attached hydrogens (tertiary/aromatic N) is 1. The number of ether oxygens (including phenoxy) is 1. The first-order valence-corrected chi connectivity index (χ1v) is 10.6. The van der Waals surface area contributed by atoms with E-state index in [-0.39, 0.29) is 18.2 Å². The average Bonchev–Trinajstić information content (AvgIpc) is 3.19. The molecule has 0 unspecified atom stereocenters. The number of aryl methyl sites for hydroxylation is 2. The number of hydrogen-bond acceptors (Lipinski definition) is 5. The number of anilines is 2. The van der Waals surface area contributed by atoms with Gasteiger partial charge in [-0.1, -0.05) is 18.2 Å². The number of carbonyl (C=O) groups is 3. The SMILES string of the molecule is C[C@H](OC(=O)CSc1ccc2c(c1)CCC2)C(=O)N1CC(=O)Nc2ccccc21. The molecule has 2 aromatic carbocycles. The second kappa shape index (κ2) is 8.29. The third kappa shape index (κ3) is 4.29. The maximum Gasteiger partial charge on any atom is 0.317 e. The Bertz CT molecular complexity index is 975. The van der Waals surface area contributed by atoms with Crippen molar-refractivity contribution in [3.8, 4) is 0 Å². The molecule has 1 heterocycles. The van der Waals surface area contributed by atoms with E-state index in [1.807, 2.05) is 6.07 Å². The molecule has 1 N–H and O–H groups in total. The summed E-state index contributed by atoms with van der Waals surface area (Å²) in [4.78, 5) is 39.4. The zero-order valence-electron chi connectivity index (χ0n) is 16.1. The highest BCUT2D eigenvalue weighted by atomic mass is 32.2. The van der Waals surface area contributed by atoms with Crippen LogP contribution in [-0.2, 0) is 32.0 Å². The minimum atomic E-state index is -0.970. The van der Waals surface area contributed by atoms with Gasteiger partial charge in [-0.25, -0.2) is 0 Å². The molecule has 0 fully saturated rings. The summed E-state index contributed by atoms with van der Waals surface area (Å²) in [6, 6.07) is 13.4. The first-order valence-electron chi connectivity index (χ1n) is 9.65. The van der Waals surface area contributed by atoms with E-state index >= 15 is 0 Å². The molecule has 0 saturated carbocycles. The molecule has 4 rings (SSSR count). The third-order valence-corrected chi connectivity index (χ3v) is 6.09. The highest BCUT2D eigenvalue weighted by molar-refractivity contribution is 8.00. The van der Waals surface area contributed by atoms with Crippen LogP contribution in [0.3, 0.4) is 0 Å². The molecule has 1 aliphatic heterocycles. The van der Waals surface area contributed by atoms with E-state index in [2.05, 4.69) is 17.4 Å². The second-order valence-electron chi connectivity index (χ2n) is 7.19. The van der Waals surface area contributed by atoms with Gasteiger partial charge in [0, 0.05) is 4.90 Å². The van der Waals surface area contributed by atoms with Crippen molar-refractivity contribution < 1.29 is 19.1 Å². The summed E-state index contributed by atoms with van der Waals surface area (Å²) in [6.45, 7) is 1.44. The van der Waals surface area contributed by atoms with Gasteiger partial charge in [-0.3, -0.25) is 19.3 Å². The maximum absolute atomic E-state index is 12.8. The summed E-state index contributed by atoms with van der Waals surface area (Å²) < 4.78 is 5.35. The van der Waals surface area contributed by atoms with Crippen LogP contribution >= 0.6 is 11.8 Å². The Labute approximate surface area is 173 Å². The lowest BCUT2D eigenvalue weighted by atomic mass is 10.1. The van der Waals surface area contributed by atoms with E-state index in [9.17, 15) is 14.4 Å². The molecule has 0 aromatic heterocycles. The molecule has 0 saturated heterocycles. The van der Waals surface area contributed by atoms with Crippen LogP contribution in [0.25, 0.3) is 0 Å². The Morgan fingerprint density at radius 3 is 2.83 bits per heavy atom. The number of amides is 2. The molecule has 0 radical (unpaired) electrons. The Morgan fingerprint density at radius 2 is 1.97 bits per heavy atom. The van der Waals surface area contributed by atoms with Crippen molar-refractivity contribution in [3.05, 3.63) is 53.6 Å².